The van der Waals surface area contributed by atoms with E-state index in [0.717, 1.165) is 37.0 Å². The molecular weight excluding hydrogens is 259 g/mol. The van der Waals surface area contributed by atoms with Crippen LogP contribution >= 0.6 is 0 Å². The number of hydrogen-bond donors (Lipinski definition) is 0. The Labute approximate surface area is 134 Å². The van der Waals surface area contributed by atoms with Gasteiger partial charge >= 0.3 is 29.6 Å². The average Bonchev–Trinajstić information content (AvgIpc) is 2.11. The van der Waals surface area contributed by atoms with Crippen LogP contribution in [0.5, 0.6) is 0 Å². The van der Waals surface area contributed by atoms with Crippen molar-refractivity contribution in [2.24, 2.45) is 17.8 Å². The molecule has 5 heteroatoms. The summed E-state index contributed by atoms with van der Waals surface area (Å²) in [5.41, 5.74) is -0.303. The summed E-state index contributed by atoms with van der Waals surface area (Å²) in [5.74, 6) is 2.38. The molecule has 3 nitrogen and oxygen atoms in total. The maximum Gasteiger partial charge on any atom is 1.00 e. The molecule has 4 saturated carbocycles. The summed E-state index contributed by atoms with van der Waals surface area (Å²) in [6, 6.07) is 0. The summed E-state index contributed by atoms with van der Waals surface area (Å²) in [4.78, 5) is 0. The summed E-state index contributed by atoms with van der Waals surface area (Å²) in [7, 11) is -3.29. The molecule has 0 atom stereocenters. The maximum atomic E-state index is 11.9. The zero-order chi connectivity index (χ0) is 12.1. The fourth-order valence-electron chi connectivity index (χ4n) is 4.69. The SMILES string of the molecule is CCCS(=O)(=O)OC12CC3CC(CC(C3)C1)C2.[H-].[Na+]. The van der Waals surface area contributed by atoms with Gasteiger partial charge in [0, 0.05) is 0 Å². The molecule has 18 heavy (non-hydrogen) atoms. The number of hydrogen-bond acceptors (Lipinski definition) is 3. The van der Waals surface area contributed by atoms with Gasteiger partial charge in [-0.2, -0.15) is 8.42 Å². The van der Waals surface area contributed by atoms with Crippen molar-refractivity contribution < 1.29 is 43.6 Å². The Balaban J connectivity index is 0.000000902. The van der Waals surface area contributed by atoms with Crippen LogP contribution in [0.1, 0.15) is 53.3 Å². The van der Waals surface area contributed by atoms with Crippen LogP contribution < -0.4 is 29.6 Å². The van der Waals surface area contributed by atoms with E-state index in [1.807, 2.05) is 6.92 Å². The van der Waals surface area contributed by atoms with E-state index in [9.17, 15) is 8.42 Å². The average molecular weight is 282 g/mol. The molecule has 0 saturated heterocycles. The molecule has 0 aromatic rings. The van der Waals surface area contributed by atoms with Gasteiger partial charge in [-0.15, -0.1) is 0 Å². The fourth-order valence-corrected chi connectivity index (χ4v) is 6.02. The first kappa shape index (κ1) is 15.3. The first-order valence-electron chi connectivity index (χ1n) is 6.93. The van der Waals surface area contributed by atoms with Crippen LogP contribution in [-0.4, -0.2) is 19.8 Å². The van der Waals surface area contributed by atoms with Gasteiger partial charge in [0.2, 0.25) is 0 Å². The van der Waals surface area contributed by atoms with Crippen molar-refractivity contribution in [1.82, 2.24) is 0 Å². The summed E-state index contributed by atoms with van der Waals surface area (Å²) >= 11 is 0. The molecule has 0 unspecified atom stereocenters. The summed E-state index contributed by atoms with van der Waals surface area (Å²) in [6.07, 6.45) is 7.56. The molecule has 0 amide bonds. The van der Waals surface area contributed by atoms with Crippen LogP contribution in [0.3, 0.4) is 0 Å². The Kier molecular flexibility index (Phi) is 4.56. The molecule has 4 bridgehead atoms. The predicted molar refractivity (Wildman–Crippen MR) is 67.2 cm³/mol. The van der Waals surface area contributed by atoms with Crippen LogP contribution in [0.25, 0.3) is 0 Å². The van der Waals surface area contributed by atoms with Crippen molar-refractivity contribution in [3.63, 3.8) is 0 Å². The molecule has 4 rings (SSSR count). The van der Waals surface area contributed by atoms with Crippen molar-refractivity contribution in [2.45, 2.75) is 57.5 Å². The molecule has 0 N–H and O–H groups in total. The first-order valence-corrected chi connectivity index (χ1v) is 8.51. The van der Waals surface area contributed by atoms with Gasteiger partial charge in [0.15, 0.2) is 0 Å². The molecule has 0 radical (unpaired) electrons. The number of rotatable bonds is 4. The Morgan fingerprint density at radius 2 is 1.56 bits per heavy atom. The van der Waals surface area contributed by atoms with Gasteiger partial charge in [-0.1, -0.05) is 6.92 Å². The van der Waals surface area contributed by atoms with Gasteiger partial charge in [0.05, 0.1) is 11.4 Å². The zero-order valence-corrected chi connectivity index (χ0v) is 14.3. The van der Waals surface area contributed by atoms with Gasteiger partial charge in [0.25, 0.3) is 10.1 Å². The minimum Gasteiger partial charge on any atom is -1.00 e. The van der Waals surface area contributed by atoms with Gasteiger partial charge in [-0.3, -0.25) is 4.18 Å². The molecule has 0 heterocycles. The van der Waals surface area contributed by atoms with Crippen molar-refractivity contribution in [2.75, 3.05) is 5.75 Å². The minimum atomic E-state index is -3.29. The summed E-state index contributed by atoms with van der Waals surface area (Å²) < 4.78 is 29.4. The van der Waals surface area contributed by atoms with E-state index in [0.29, 0.717) is 6.42 Å². The second kappa shape index (κ2) is 5.36. The Bertz CT molecular complexity index is 375. The topological polar surface area (TPSA) is 43.4 Å². The fraction of sp³-hybridized carbons (Fsp3) is 1.00. The van der Waals surface area contributed by atoms with E-state index in [-0.39, 0.29) is 42.3 Å². The van der Waals surface area contributed by atoms with E-state index in [2.05, 4.69) is 0 Å². The van der Waals surface area contributed by atoms with E-state index in [4.69, 9.17) is 4.18 Å². The molecule has 4 aliphatic rings. The van der Waals surface area contributed by atoms with E-state index in [1.165, 1.54) is 19.3 Å². The van der Waals surface area contributed by atoms with Crippen molar-refractivity contribution >= 4 is 10.1 Å². The largest absolute Gasteiger partial charge is 1.00 e. The van der Waals surface area contributed by atoms with E-state index in [1.54, 1.807) is 0 Å². The molecule has 0 aromatic carbocycles. The second-order valence-corrected chi connectivity index (χ2v) is 8.14. The smallest absolute Gasteiger partial charge is 1.00 e. The van der Waals surface area contributed by atoms with Gasteiger partial charge in [-0.25, -0.2) is 0 Å². The van der Waals surface area contributed by atoms with Crippen molar-refractivity contribution in [3.05, 3.63) is 0 Å². The van der Waals surface area contributed by atoms with E-state index >= 15 is 0 Å². The normalized spacial score (nSPS) is 41.7. The quantitative estimate of drug-likeness (QED) is 0.531. The summed E-state index contributed by atoms with van der Waals surface area (Å²) in [5, 5.41) is 0. The third kappa shape index (κ3) is 2.98. The van der Waals surface area contributed by atoms with Crippen LogP contribution in [0, 0.1) is 17.8 Å². The third-order valence-corrected chi connectivity index (χ3v) is 6.26. The minimum absolute atomic E-state index is 0. The predicted octanol–water partition coefficient (Wildman–Crippen LogP) is -0.172. The molecule has 100 valence electrons. The van der Waals surface area contributed by atoms with Crippen LogP contribution in [0.15, 0.2) is 0 Å². The Morgan fingerprint density at radius 1 is 1.11 bits per heavy atom. The molecule has 0 aliphatic heterocycles. The molecule has 4 fully saturated rings. The molecule has 4 aliphatic carbocycles. The van der Waals surface area contributed by atoms with Crippen molar-refractivity contribution in [1.29, 1.82) is 0 Å². The van der Waals surface area contributed by atoms with Gasteiger partial charge in [-0.05, 0) is 62.7 Å². The molecule has 0 spiro atoms. The first-order chi connectivity index (χ1) is 8.00. The Morgan fingerprint density at radius 3 is 1.94 bits per heavy atom. The summed E-state index contributed by atoms with van der Waals surface area (Å²) in [6.45, 7) is 1.89. The van der Waals surface area contributed by atoms with Crippen LogP contribution in [0.4, 0.5) is 0 Å². The van der Waals surface area contributed by atoms with E-state index < -0.39 is 10.1 Å². The van der Waals surface area contributed by atoms with Crippen LogP contribution in [-0.2, 0) is 14.3 Å². The monoisotopic (exact) mass is 282 g/mol. The standard InChI is InChI=1S/C13H22O3S.Na.H/c1-2-3-17(14,15)16-13-7-10-4-11(8-13)6-12(5-10)9-13;;/h10-12H,2-9H2,1H3;;/q;+1;-1. The van der Waals surface area contributed by atoms with Crippen molar-refractivity contribution in [3.8, 4) is 0 Å². The van der Waals surface area contributed by atoms with Gasteiger partial charge < -0.3 is 1.43 Å². The maximum absolute atomic E-state index is 11.9. The second-order valence-electron chi connectivity index (χ2n) is 6.45. The Hall–Kier alpha value is 0.910. The van der Waals surface area contributed by atoms with Crippen LogP contribution in [0.2, 0.25) is 0 Å². The molecule has 0 aromatic heterocycles. The third-order valence-electron chi connectivity index (χ3n) is 4.74. The zero-order valence-electron chi connectivity index (χ0n) is 12.5. The van der Waals surface area contributed by atoms with Gasteiger partial charge in [0.1, 0.15) is 0 Å². The molecular formula is C13H23NaO3S.